The molecule has 6 heteroatoms. The molecule has 6 nitrogen and oxygen atoms in total. The molecule has 1 aromatic heterocycles. The van der Waals surface area contributed by atoms with Crippen molar-refractivity contribution in [1.82, 2.24) is 9.97 Å². The van der Waals surface area contributed by atoms with E-state index in [-0.39, 0.29) is 5.82 Å². The van der Waals surface area contributed by atoms with Gasteiger partial charge in [0.2, 0.25) is 5.91 Å². The van der Waals surface area contributed by atoms with E-state index in [2.05, 4.69) is 9.97 Å². The predicted molar refractivity (Wildman–Crippen MR) is 62.2 cm³/mol. The summed E-state index contributed by atoms with van der Waals surface area (Å²) in [5.41, 5.74) is 12.3. The number of fused-ring (bicyclic) bond motifs is 1. The largest absolute Gasteiger partial charge is 0.369 e. The maximum Gasteiger partial charge on any atom is 0.284 e. The second-order valence-electron chi connectivity index (χ2n) is 3.82. The molecular formula is C11H12N4O2. The van der Waals surface area contributed by atoms with Crippen molar-refractivity contribution in [3.8, 4) is 0 Å². The number of nitrogens with one attached hydrogen (secondary N) is 1. The van der Waals surface area contributed by atoms with Crippen molar-refractivity contribution in [2.75, 3.05) is 0 Å². The zero-order chi connectivity index (χ0) is 12.6. The predicted octanol–water partition coefficient (Wildman–Crippen LogP) is 0.251. The number of hydrogen-bond donors (Lipinski definition) is 3. The lowest BCUT2D eigenvalue weighted by Gasteiger charge is -2.07. The van der Waals surface area contributed by atoms with Crippen LogP contribution in [0.25, 0.3) is 11.0 Å². The fourth-order valence-electron chi connectivity index (χ4n) is 1.67. The minimum Gasteiger partial charge on any atom is -0.369 e. The molecule has 1 aromatic carbocycles. The minimum atomic E-state index is -0.640. The third kappa shape index (κ3) is 1.84. The monoisotopic (exact) mass is 232 g/mol. The van der Waals surface area contributed by atoms with Crippen molar-refractivity contribution in [2.24, 2.45) is 11.5 Å². The summed E-state index contributed by atoms with van der Waals surface area (Å²) in [4.78, 5) is 29.1. The maximum absolute atomic E-state index is 11.2. The van der Waals surface area contributed by atoms with Gasteiger partial charge in [-0.15, -0.1) is 0 Å². The fraction of sp³-hybridized carbons (Fsp3) is 0.182. The first-order valence-corrected chi connectivity index (χ1v) is 5.08. The van der Waals surface area contributed by atoms with Crippen LogP contribution >= 0.6 is 0 Å². The first-order valence-electron chi connectivity index (χ1n) is 5.08. The van der Waals surface area contributed by atoms with Crippen LogP contribution in [0.1, 0.15) is 29.0 Å². The number of nitrogens with zero attached hydrogens (tertiary/aromatic N) is 1. The Bertz CT molecular complexity index is 603. The van der Waals surface area contributed by atoms with Gasteiger partial charge in [0, 0.05) is 0 Å². The molecule has 0 aliphatic carbocycles. The van der Waals surface area contributed by atoms with Gasteiger partial charge in [-0.2, -0.15) is 0 Å². The number of H-pyrrole nitrogens is 1. The van der Waals surface area contributed by atoms with Crippen molar-refractivity contribution in [3.63, 3.8) is 0 Å². The Morgan fingerprint density at radius 1 is 1.35 bits per heavy atom. The van der Waals surface area contributed by atoms with E-state index in [0.29, 0.717) is 16.6 Å². The molecule has 1 unspecified atom stereocenters. The molecule has 0 saturated carbocycles. The van der Waals surface area contributed by atoms with Gasteiger partial charge in [-0.3, -0.25) is 9.59 Å². The summed E-state index contributed by atoms with van der Waals surface area (Å²) in [6.07, 6.45) is 0. The highest BCUT2D eigenvalue weighted by molar-refractivity contribution is 5.95. The number of nitrogens with two attached hydrogens (primary N) is 2. The van der Waals surface area contributed by atoms with E-state index in [4.69, 9.17) is 11.5 Å². The zero-order valence-corrected chi connectivity index (χ0v) is 9.23. The third-order valence-corrected chi connectivity index (χ3v) is 2.67. The van der Waals surface area contributed by atoms with Crippen molar-refractivity contribution >= 4 is 22.8 Å². The topological polar surface area (TPSA) is 115 Å². The standard InChI is InChI=1S/C11H12N4O2/c1-5(9(12)16)6-3-2-4-7-8(6)15-11(14-7)10(13)17/h2-5H,1H3,(H2,12,16)(H2,13,17)(H,14,15). The van der Waals surface area contributed by atoms with Crippen molar-refractivity contribution in [1.29, 1.82) is 0 Å². The first-order chi connectivity index (χ1) is 8.00. The summed E-state index contributed by atoms with van der Waals surface area (Å²) in [6.45, 7) is 1.69. The van der Waals surface area contributed by atoms with E-state index in [1.54, 1.807) is 25.1 Å². The Labute approximate surface area is 97.0 Å². The summed E-state index contributed by atoms with van der Waals surface area (Å²) in [5.74, 6) is -1.48. The van der Waals surface area contributed by atoms with Gasteiger partial charge >= 0.3 is 0 Å². The number of aromatic nitrogens is 2. The third-order valence-electron chi connectivity index (χ3n) is 2.67. The fourth-order valence-corrected chi connectivity index (χ4v) is 1.67. The summed E-state index contributed by atoms with van der Waals surface area (Å²) < 4.78 is 0. The van der Waals surface area contributed by atoms with Gasteiger partial charge in [0.25, 0.3) is 5.91 Å². The summed E-state index contributed by atoms with van der Waals surface area (Å²) in [7, 11) is 0. The molecule has 0 spiro atoms. The Morgan fingerprint density at radius 3 is 2.65 bits per heavy atom. The van der Waals surface area contributed by atoms with Gasteiger partial charge in [-0.25, -0.2) is 4.98 Å². The van der Waals surface area contributed by atoms with E-state index >= 15 is 0 Å². The first kappa shape index (κ1) is 11.1. The molecule has 0 bridgehead atoms. The molecule has 0 aliphatic heterocycles. The molecule has 2 rings (SSSR count). The number of amides is 2. The molecular weight excluding hydrogens is 220 g/mol. The second-order valence-corrected chi connectivity index (χ2v) is 3.82. The molecule has 0 radical (unpaired) electrons. The van der Waals surface area contributed by atoms with Gasteiger partial charge in [-0.1, -0.05) is 12.1 Å². The van der Waals surface area contributed by atoms with Crippen LogP contribution in [0.4, 0.5) is 0 Å². The SMILES string of the molecule is CC(C(N)=O)c1cccc2[nH]c(C(N)=O)nc12. The highest BCUT2D eigenvalue weighted by atomic mass is 16.1. The highest BCUT2D eigenvalue weighted by Gasteiger charge is 2.17. The van der Waals surface area contributed by atoms with E-state index in [1.165, 1.54) is 0 Å². The molecule has 88 valence electrons. The van der Waals surface area contributed by atoms with Gasteiger partial charge in [0.05, 0.1) is 17.0 Å². The summed E-state index contributed by atoms with van der Waals surface area (Å²) in [5, 5.41) is 0. The lowest BCUT2D eigenvalue weighted by atomic mass is 9.99. The highest BCUT2D eigenvalue weighted by Crippen LogP contribution is 2.23. The number of primary amides is 2. The van der Waals surface area contributed by atoms with Crippen LogP contribution < -0.4 is 11.5 Å². The molecule has 1 atom stereocenters. The Morgan fingerprint density at radius 2 is 2.06 bits per heavy atom. The van der Waals surface area contributed by atoms with Crippen LogP contribution in [0.2, 0.25) is 0 Å². The number of carbonyl (C=O) groups is 2. The van der Waals surface area contributed by atoms with Gasteiger partial charge in [-0.05, 0) is 18.6 Å². The van der Waals surface area contributed by atoms with E-state index in [9.17, 15) is 9.59 Å². The van der Waals surface area contributed by atoms with Crippen LogP contribution in [0.3, 0.4) is 0 Å². The number of para-hydroxylation sites is 1. The van der Waals surface area contributed by atoms with Crippen LogP contribution in [-0.2, 0) is 4.79 Å². The number of hydrogen-bond acceptors (Lipinski definition) is 3. The Kier molecular flexibility index (Phi) is 2.55. The average molecular weight is 232 g/mol. The van der Waals surface area contributed by atoms with Crippen LogP contribution in [0.5, 0.6) is 0 Å². The molecule has 0 aliphatic rings. The molecule has 2 amide bonds. The Balaban J connectivity index is 2.64. The number of benzene rings is 1. The molecule has 1 heterocycles. The molecule has 0 saturated heterocycles. The number of imidazole rings is 1. The number of aromatic amines is 1. The van der Waals surface area contributed by atoms with Gasteiger partial charge < -0.3 is 16.5 Å². The smallest absolute Gasteiger partial charge is 0.284 e. The Hall–Kier alpha value is -2.37. The lowest BCUT2D eigenvalue weighted by molar-refractivity contribution is -0.119. The second kappa shape index (κ2) is 3.89. The quantitative estimate of drug-likeness (QED) is 0.704. The van der Waals surface area contributed by atoms with E-state index in [0.717, 1.165) is 0 Å². The molecule has 5 N–H and O–H groups in total. The molecule has 2 aromatic rings. The minimum absolute atomic E-state index is 0.0733. The molecule has 0 fully saturated rings. The number of rotatable bonds is 3. The summed E-state index contributed by atoms with van der Waals surface area (Å²) >= 11 is 0. The number of carbonyl (C=O) groups excluding carboxylic acids is 2. The summed E-state index contributed by atoms with van der Waals surface area (Å²) in [6, 6.07) is 5.27. The van der Waals surface area contributed by atoms with E-state index < -0.39 is 17.7 Å². The lowest BCUT2D eigenvalue weighted by Crippen LogP contribution is -2.19. The normalized spacial score (nSPS) is 12.5. The zero-order valence-electron chi connectivity index (χ0n) is 9.23. The van der Waals surface area contributed by atoms with E-state index in [1.807, 2.05) is 0 Å². The maximum atomic E-state index is 11.2. The van der Waals surface area contributed by atoms with Gasteiger partial charge in [0.15, 0.2) is 5.82 Å². The van der Waals surface area contributed by atoms with Crippen molar-refractivity contribution in [2.45, 2.75) is 12.8 Å². The van der Waals surface area contributed by atoms with Crippen LogP contribution in [0.15, 0.2) is 18.2 Å². The average Bonchev–Trinajstić information content (AvgIpc) is 2.71. The van der Waals surface area contributed by atoms with Crippen molar-refractivity contribution < 1.29 is 9.59 Å². The van der Waals surface area contributed by atoms with Crippen LogP contribution in [0, 0.1) is 0 Å². The molecule has 17 heavy (non-hydrogen) atoms. The van der Waals surface area contributed by atoms with Gasteiger partial charge in [0.1, 0.15) is 0 Å². The van der Waals surface area contributed by atoms with Crippen molar-refractivity contribution in [3.05, 3.63) is 29.6 Å². The van der Waals surface area contributed by atoms with Crippen LogP contribution in [-0.4, -0.2) is 21.8 Å².